The van der Waals surface area contributed by atoms with Crippen molar-refractivity contribution in [1.29, 1.82) is 0 Å². The van der Waals surface area contributed by atoms with Gasteiger partial charge in [-0.15, -0.1) is 0 Å². The number of primary amides is 1. The lowest BCUT2D eigenvalue weighted by Crippen LogP contribution is -2.11. The zero-order valence-electron chi connectivity index (χ0n) is 7.20. The van der Waals surface area contributed by atoms with Gasteiger partial charge in [0.1, 0.15) is 0 Å². The molecule has 12 heavy (non-hydrogen) atoms. The Bertz CT molecular complexity index is 125. The summed E-state index contributed by atoms with van der Waals surface area (Å²) in [5, 5.41) is 0.123. The Morgan fingerprint density at radius 1 is 1.25 bits per heavy atom. The van der Waals surface area contributed by atoms with Crippen molar-refractivity contribution in [3.05, 3.63) is 0 Å². The third-order valence-corrected chi connectivity index (χ3v) is 0.691. The van der Waals surface area contributed by atoms with E-state index in [0.717, 1.165) is 0 Å². The van der Waals surface area contributed by atoms with Gasteiger partial charge in [0.25, 0.3) is 5.17 Å². The van der Waals surface area contributed by atoms with Crippen LogP contribution >= 0.6 is 12.2 Å². The average Bonchev–Trinajstić information content (AvgIpc) is 1.87. The molecule has 0 unspecified atom stereocenters. The fourth-order valence-electron chi connectivity index (χ4n) is 0.285. The summed E-state index contributed by atoms with van der Waals surface area (Å²) in [5.74, 6) is 0. The number of rotatable bonds is 2. The number of amides is 1. The molecular formula is C6H14N2O3S. The minimum absolute atomic E-state index is 0.123. The Labute approximate surface area is 77.0 Å². The van der Waals surface area contributed by atoms with Gasteiger partial charge < -0.3 is 20.9 Å². The second kappa shape index (κ2) is 9.96. The summed E-state index contributed by atoms with van der Waals surface area (Å²) in [4.78, 5) is 9.60. The smallest absolute Gasteiger partial charge is 0.404 e. The minimum Gasteiger partial charge on any atom is -0.472 e. The standard InChI is InChI=1S/C3H7NO2.C3H7NOS/c1-2-6-3(4)5;1-2-5-3(4)6/h2H2,1H3,(H2,4,5);2H2,1H3,(H2,4,6). The van der Waals surface area contributed by atoms with Gasteiger partial charge in [0, 0.05) is 0 Å². The maximum absolute atomic E-state index is 9.60. The van der Waals surface area contributed by atoms with Crippen LogP contribution in [0.1, 0.15) is 13.8 Å². The van der Waals surface area contributed by atoms with Crippen LogP contribution in [0.5, 0.6) is 0 Å². The van der Waals surface area contributed by atoms with E-state index < -0.39 is 6.09 Å². The topological polar surface area (TPSA) is 87.6 Å². The highest BCUT2D eigenvalue weighted by atomic mass is 32.1. The first-order chi connectivity index (χ1) is 5.54. The molecule has 5 nitrogen and oxygen atoms in total. The van der Waals surface area contributed by atoms with E-state index >= 15 is 0 Å². The van der Waals surface area contributed by atoms with Gasteiger partial charge >= 0.3 is 6.09 Å². The lowest BCUT2D eigenvalue weighted by atomic mass is 10.9. The van der Waals surface area contributed by atoms with Crippen molar-refractivity contribution in [2.45, 2.75) is 13.8 Å². The van der Waals surface area contributed by atoms with E-state index in [1.165, 1.54) is 0 Å². The normalized spacial score (nSPS) is 7.50. The predicted molar refractivity (Wildman–Crippen MR) is 49.6 cm³/mol. The fourth-order valence-corrected chi connectivity index (χ4v) is 0.402. The van der Waals surface area contributed by atoms with Gasteiger partial charge in [-0.25, -0.2) is 4.79 Å². The van der Waals surface area contributed by atoms with Gasteiger partial charge in [0.2, 0.25) is 0 Å². The van der Waals surface area contributed by atoms with Crippen molar-refractivity contribution in [2.24, 2.45) is 11.5 Å². The number of thiocarbonyl (C=S) groups is 1. The Morgan fingerprint density at radius 3 is 1.67 bits per heavy atom. The molecule has 0 aromatic carbocycles. The first-order valence-electron chi connectivity index (χ1n) is 3.39. The van der Waals surface area contributed by atoms with Crippen LogP contribution in [0.3, 0.4) is 0 Å². The van der Waals surface area contributed by atoms with Gasteiger partial charge in [0.05, 0.1) is 13.2 Å². The molecule has 0 aliphatic carbocycles. The first-order valence-corrected chi connectivity index (χ1v) is 3.79. The van der Waals surface area contributed by atoms with Crippen molar-refractivity contribution in [2.75, 3.05) is 13.2 Å². The molecule has 0 aliphatic heterocycles. The van der Waals surface area contributed by atoms with Crippen LogP contribution in [0, 0.1) is 0 Å². The first kappa shape index (κ1) is 13.5. The van der Waals surface area contributed by atoms with Crippen molar-refractivity contribution in [3.63, 3.8) is 0 Å². The molecule has 0 aromatic heterocycles. The van der Waals surface area contributed by atoms with Crippen LogP contribution in [-0.2, 0) is 9.47 Å². The van der Waals surface area contributed by atoms with E-state index in [9.17, 15) is 4.79 Å². The highest BCUT2D eigenvalue weighted by molar-refractivity contribution is 7.80. The van der Waals surface area contributed by atoms with E-state index in [1.807, 2.05) is 6.92 Å². The van der Waals surface area contributed by atoms with Gasteiger partial charge in [-0.05, 0) is 26.1 Å². The summed E-state index contributed by atoms with van der Waals surface area (Å²) in [6, 6.07) is 0. The number of hydrogen-bond donors (Lipinski definition) is 2. The average molecular weight is 194 g/mol. The van der Waals surface area contributed by atoms with Gasteiger partial charge in [-0.2, -0.15) is 0 Å². The van der Waals surface area contributed by atoms with Crippen LogP contribution in [0.4, 0.5) is 4.79 Å². The highest BCUT2D eigenvalue weighted by Crippen LogP contribution is 1.67. The number of carbonyl (C=O) groups excluding carboxylic acids is 1. The van der Waals surface area contributed by atoms with Crippen LogP contribution in [0.25, 0.3) is 0 Å². The summed E-state index contributed by atoms with van der Waals surface area (Å²) < 4.78 is 8.73. The third-order valence-electron chi connectivity index (χ3n) is 0.573. The maximum atomic E-state index is 9.60. The van der Waals surface area contributed by atoms with Gasteiger partial charge in [-0.3, -0.25) is 0 Å². The second-order valence-electron chi connectivity index (χ2n) is 1.50. The molecule has 72 valence electrons. The highest BCUT2D eigenvalue weighted by Gasteiger charge is 1.82. The molecule has 4 N–H and O–H groups in total. The maximum Gasteiger partial charge on any atom is 0.404 e. The van der Waals surface area contributed by atoms with Crippen LogP contribution < -0.4 is 11.5 Å². The largest absolute Gasteiger partial charge is 0.472 e. The van der Waals surface area contributed by atoms with Crippen molar-refractivity contribution < 1.29 is 14.3 Å². The molecule has 0 radical (unpaired) electrons. The molecule has 0 aromatic rings. The van der Waals surface area contributed by atoms with Crippen molar-refractivity contribution >= 4 is 23.5 Å². The van der Waals surface area contributed by atoms with Crippen molar-refractivity contribution in [1.82, 2.24) is 0 Å². The third kappa shape index (κ3) is 23.1. The number of hydrogen-bond acceptors (Lipinski definition) is 4. The summed E-state index contributed by atoms with van der Waals surface area (Å²) in [5.41, 5.74) is 9.45. The fraction of sp³-hybridized carbons (Fsp3) is 0.667. The molecule has 0 saturated heterocycles. The molecule has 0 spiro atoms. The van der Waals surface area contributed by atoms with E-state index in [2.05, 4.69) is 27.4 Å². The monoisotopic (exact) mass is 194 g/mol. The van der Waals surface area contributed by atoms with Crippen LogP contribution in [0.15, 0.2) is 0 Å². The van der Waals surface area contributed by atoms with E-state index in [0.29, 0.717) is 13.2 Å². The molecular weight excluding hydrogens is 180 g/mol. The molecule has 1 amide bonds. The lowest BCUT2D eigenvalue weighted by molar-refractivity contribution is 0.163. The molecule has 0 aliphatic rings. The molecule has 0 bridgehead atoms. The second-order valence-corrected chi connectivity index (χ2v) is 1.91. The summed E-state index contributed by atoms with van der Waals surface area (Å²) >= 11 is 4.35. The predicted octanol–water partition coefficient (Wildman–Crippen LogP) is 0.368. The molecule has 0 fully saturated rings. The Balaban J connectivity index is 0. The Morgan fingerprint density at radius 2 is 1.67 bits per heavy atom. The SMILES string of the molecule is CCOC(N)=O.CCOC(N)=S. The lowest BCUT2D eigenvalue weighted by Gasteiger charge is -1.93. The molecule has 0 rings (SSSR count). The molecule has 0 atom stereocenters. The Kier molecular flexibility index (Phi) is 11.2. The summed E-state index contributed by atoms with van der Waals surface area (Å²) in [6.07, 6.45) is -0.711. The molecule has 0 heterocycles. The Hall–Kier alpha value is -1.04. The summed E-state index contributed by atoms with van der Waals surface area (Å²) in [7, 11) is 0. The van der Waals surface area contributed by atoms with E-state index in [4.69, 9.17) is 5.73 Å². The van der Waals surface area contributed by atoms with Gasteiger partial charge in [0.15, 0.2) is 0 Å². The molecule has 0 saturated carbocycles. The van der Waals surface area contributed by atoms with Crippen molar-refractivity contribution in [3.8, 4) is 0 Å². The summed E-state index contributed by atoms with van der Waals surface area (Å²) in [6.45, 7) is 4.45. The van der Waals surface area contributed by atoms with Gasteiger partial charge in [-0.1, -0.05) is 0 Å². The molecule has 6 heteroatoms. The zero-order chi connectivity index (χ0) is 9.98. The quantitative estimate of drug-likeness (QED) is 0.620. The minimum atomic E-state index is -0.711. The number of carbonyl (C=O) groups is 1. The van der Waals surface area contributed by atoms with E-state index in [-0.39, 0.29) is 5.17 Å². The van der Waals surface area contributed by atoms with Crippen LogP contribution in [0.2, 0.25) is 0 Å². The zero-order valence-corrected chi connectivity index (χ0v) is 8.02. The number of ether oxygens (including phenoxy) is 2. The van der Waals surface area contributed by atoms with Crippen LogP contribution in [-0.4, -0.2) is 24.5 Å². The van der Waals surface area contributed by atoms with E-state index in [1.54, 1.807) is 6.92 Å². The number of nitrogens with two attached hydrogens (primary N) is 2.